The van der Waals surface area contributed by atoms with Gasteiger partial charge in [0.15, 0.2) is 11.5 Å². The molecule has 0 unspecified atom stereocenters. The number of hydrogen-bond donors (Lipinski definition) is 1. The van der Waals surface area contributed by atoms with Crippen molar-refractivity contribution in [3.8, 4) is 0 Å². The summed E-state index contributed by atoms with van der Waals surface area (Å²) in [6, 6.07) is 6.38. The minimum absolute atomic E-state index is 0.0433. The summed E-state index contributed by atoms with van der Waals surface area (Å²) in [4.78, 5) is 34.6. The third kappa shape index (κ3) is 2.88. The molecule has 150 valence electrons. The van der Waals surface area contributed by atoms with Crippen LogP contribution in [-0.4, -0.2) is 69.5 Å². The standard InChI is InChI=1S/C20H22FN7O/c1-26(2)20(29)28-8-13-7-27(19-16-18(23-10-22-16)24-11-25-19)9-15(13)17(28)12-4-3-5-14(21)6-12/h3-6,10-11,13,15,17H,7-9H2,1-2H3,(H,22,23,24,25)/t13-,15-,17+/m1/s1. The normalized spacial score (nSPS) is 23.6. The summed E-state index contributed by atoms with van der Waals surface area (Å²) in [5.41, 5.74) is 2.29. The minimum Gasteiger partial charge on any atom is -0.354 e. The molecule has 1 N–H and O–H groups in total. The van der Waals surface area contributed by atoms with Gasteiger partial charge in [-0.2, -0.15) is 0 Å². The van der Waals surface area contributed by atoms with E-state index in [0.717, 1.165) is 30.0 Å². The fourth-order valence-corrected chi connectivity index (χ4v) is 4.78. The van der Waals surface area contributed by atoms with Crippen molar-refractivity contribution >= 4 is 23.0 Å². The van der Waals surface area contributed by atoms with Crippen molar-refractivity contribution in [1.29, 1.82) is 0 Å². The predicted octanol–water partition coefficient (Wildman–Crippen LogP) is 2.28. The molecule has 0 spiro atoms. The third-order valence-corrected chi connectivity index (χ3v) is 5.99. The van der Waals surface area contributed by atoms with E-state index in [1.807, 2.05) is 11.0 Å². The van der Waals surface area contributed by atoms with Crippen molar-refractivity contribution in [2.75, 3.05) is 38.6 Å². The topological polar surface area (TPSA) is 81.2 Å². The Morgan fingerprint density at radius 1 is 1.21 bits per heavy atom. The maximum atomic E-state index is 14.0. The number of aromatic nitrogens is 4. The zero-order valence-corrected chi connectivity index (χ0v) is 16.3. The van der Waals surface area contributed by atoms with Crippen LogP contribution in [0.25, 0.3) is 11.2 Å². The van der Waals surface area contributed by atoms with Gasteiger partial charge in [-0.15, -0.1) is 0 Å². The molecule has 0 radical (unpaired) electrons. The quantitative estimate of drug-likeness (QED) is 0.720. The second kappa shape index (κ2) is 6.68. The van der Waals surface area contributed by atoms with Gasteiger partial charge < -0.3 is 19.7 Å². The van der Waals surface area contributed by atoms with Crippen LogP contribution in [0.1, 0.15) is 11.6 Å². The van der Waals surface area contributed by atoms with Gasteiger partial charge in [-0.1, -0.05) is 12.1 Å². The van der Waals surface area contributed by atoms with E-state index in [2.05, 4.69) is 24.8 Å². The first-order valence-corrected chi connectivity index (χ1v) is 9.65. The lowest BCUT2D eigenvalue weighted by Gasteiger charge is -2.32. The van der Waals surface area contributed by atoms with Crippen LogP contribution in [0.5, 0.6) is 0 Å². The molecule has 9 heteroatoms. The number of aromatic amines is 1. The molecule has 2 aliphatic heterocycles. The smallest absolute Gasteiger partial charge is 0.320 e. The molecule has 4 heterocycles. The maximum absolute atomic E-state index is 14.0. The monoisotopic (exact) mass is 395 g/mol. The zero-order valence-electron chi connectivity index (χ0n) is 16.3. The lowest BCUT2D eigenvalue weighted by molar-refractivity contribution is 0.159. The number of fused-ring (bicyclic) bond motifs is 2. The molecular weight excluding hydrogens is 373 g/mol. The van der Waals surface area contributed by atoms with Gasteiger partial charge >= 0.3 is 6.03 Å². The summed E-state index contributed by atoms with van der Waals surface area (Å²) in [5, 5.41) is 0. The number of amides is 2. The third-order valence-electron chi connectivity index (χ3n) is 5.99. The molecule has 2 saturated heterocycles. The van der Waals surface area contributed by atoms with Crippen LogP contribution < -0.4 is 4.90 Å². The van der Waals surface area contributed by atoms with Gasteiger partial charge in [0, 0.05) is 45.6 Å². The zero-order chi connectivity index (χ0) is 20.1. The fraction of sp³-hybridized carbons (Fsp3) is 0.400. The molecule has 0 bridgehead atoms. The summed E-state index contributed by atoms with van der Waals surface area (Å²) in [7, 11) is 3.50. The van der Waals surface area contributed by atoms with Crippen LogP contribution >= 0.6 is 0 Å². The molecule has 0 aliphatic carbocycles. The number of nitrogens with one attached hydrogen (secondary N) is 1. The molecular formula is C20H22FN7O. The summed E-state index contributed by atoms with van der Waals surface area (Å²) in [6.45, 7) is 2.14. The number of nitrogens with zero attached hydrogens (tertiary/aromatic N) is 6. The lowest BCUT2D eigenvalue weighted by atomic mass is 9.89. The van der Waals surface area contributed by atoms with Gasteiger partial charge in [-0.05, 0) is 17.7 Å². The van der Waals surface area contributed by atoms with Gasteiger partial charge in [-0.25, -0.2) is 24.1 Å². The number of benzene rings is 1. The van der Waals surface area contributed by atoms with E-state index < -0.39 is 0 Å². The Morgan fingerprint density at radius 3 is 2.86 bits per heavy atom. The average molecular weight is 395 g/mol. The summed E-state index contributed by atoms with van der Waals surface area (Å²) in [6.07, 6.45) is 3.14. The number of likely N-dealkylation sites (tertiary alicyclic amines) is 1. The molecule has 2 aliphatic rings. The van der Waals surface area contributed by atoms with Crippen LogP contribution in [0, 0.1) is 17.7 Å². The fourth-order valence-electron chi connectivity index (χ4n) is 4.78. The Hall–Kier alpha value is -3.23. The van der Waals surface area contributed by atoms with E-state index in [0.29, 0.717) is 12.2 Å². The Balaban J connectivity index is 1.50. The van der Waals surface area contributed by atoms with E-state index in [4.69, 9.17) is 0 Å². The highest BCUT2D eigenvalue weighted by molar-refractivity contribution is 5.83. The number of halogens is 1. The largest absolute Gasteiger partial charge is 0.354 e. The molecule has 5 rings (SSSR count). The van der Waals surface area contributed by atoms with E-state index in [1.54, 1.807) is 37.5 Å². The molecule has 2 aromatic heterocycles. The molecule has 2 amide bonds. The molecule has 1 aromatic carbocycles. The number of rotatable bonds is 2. The molecule has 3 atom stereocenters. The molecule has 29 heavy (non-hydrogen) atoms. The predicted molar refractivity (Wildman–Crippen MR) is 106 cm³/mol. The number of H-pyrrole nitrogens is 1. The van der Waals surface area contributed by atoms with Crippen molar-refractivity contribution in [1.82, 2.24) is 29.7 Å². The SMILES string of the molecule is CN(C)C(=O)N1C[C@H]2CN(c3ncnc4nc[nH]c34)C[C@H]2[C@@H]1c1cccc(F)c1. The number of hydrogen-bond acceptors (Lipinski definition) is 5. The Kier molecular flexibility index (Phi) is 4.11. The van der Waals surface area contributed by atoms with Gasteiger partial charge in [0.1, 0.15) is 17.7 Å². The Labute approximate surface area is 167 Å². The van der Waals surface area contributed by atoms with Crippen molar-refractivity contribution in [2.24, 2.45) is 11.8 Å². The van der Waals surface area contributed by atoms with Gasteiger partial charge in [0.05, 0.1) is 12.4 Å². The Morgan fingerprint density at radius 2 is 2.07 bits per heavy atom. The van der Waals surface area contributed by atoms with E-state index >= 15 is 0 Å². The first kappa shape index (κ1) is 17.8. The average Bonchev–Trinajstić information content (AvgIpc) is 3.40. The lowest BCUT2D eigenvalue weighted by Crippen LogP contribution is -2.41. The first-order valence-electron chi connectivity index (χ1n) is 9.65. The van der Waals surface area contributed by atoms with Crippen LogP contribution in [0.2, 0.25) is 0 Å². The van der Waals surface area contributed by atoms with Crippen LogP contribution in [0.3, 0.4) is 0 Å². The van der Waals surface area contributed by atoms with E-state index in [-0.39, 0.29) is 29.7 Å². The van der Waals surface area contributed by atoms with Crippen molar-refractivity contribution in [2.45, 2.75) is 6.04 Å². The molecule has 2 fully saturated rings. The van der Waals surface area contributed by atoms with Gasteiger partial charge in [0.25, 0.3) is 0 Å². The van der Waals surface area contributed by atoms with E-state index in [9.17, 15) is 9.18 Å². The van der Waals surface area contributed by atoms with Crippen molar-refractivity contribution < 1.29 is 9.18 Å². The van der Waals surface area contributed by atoms with E-state index in [1.165, 1.54) is 12.4 Å². The number of carbonyl (C=O) groups excluding carboxylic acids is 1. The van der Waals surface area contributed by atoms with Gasteiger partial charge in [-0.3, -0.25) is 0 Å². The maximum Gasteiger partial charge on any atom is 0.320 e. The number of carbonyl (C=O) groups is 1. The van der Waals surface area contributed by atoms with Crippen molar-refractivity contribution in [3.63, 3.8) is 0 Å². The Bertz CT molecular complexity index is 1070. The van der Waals surface area contributed by atoms with Crippen LogP contribution in [-0.2, 0) is 0 Å². The highest BCUT2D eigenvalue weighted by Gasteiger charge is 2.50. The number of anilines is 1. The van der Waals surface area contributed by atoms with Crippen LogP contribution in [0.15, 0.2) is 36.9 Å². The van der Waals surface area contributed by atoms with Crippen LogP contribution in [0.4, 0.5) is 15.0 Å². The molecule has 8 nitrogen and oxygen atoms in total. The van der Waals surface area contributed by atoms with Gasteiger partial charge in [0.2, 0.25) is 0 Å². The highest BCUT2D eigenvalue weighted by atomic mass is 19.1. The number of imidazole rings is 1. The summed E-state index contributed by atoms with van der Waals surface area (Å²) in [5.74, 6) is 1.01. The summed E-state index contributed by atoms with van der Waals surface area (Å²) >= 11 is 0. The second-order valence-corrected chi connectivity index (χ2v) is 7.96. The van der Waals surface area contributed by atoms with Crippen molar-refractivity contribution in [3.05, 3.63) is 48.3 Å². The number of urea groups is 1. The highest BCUT2D eigenvalue weighted by Crippen LogP contribution is 2.46. The molecule has 3 aromatic rings. The summed E-state index contributed by atoms with van der Waals surface area (Å²) < 4.78 is 14.0. The minimum atomic E-state index is -0.284. The second-order valence-electron chi connectivity index (χ2n) is 7.96. The first-order chi connectivity index (χ1) is 14.0. The molecule has 0 saturated carbocycles.